The summed E-state index contributed by atoms with van der Waals surface area (Å²) in [4.78, 5) is 8.53. The van der Waals surface area contributed by atoms with Gasteiger partial charge in [0.2, 0.25) is 0 Å². The molecule has 0 saturated carbocycles. The van der Waals surface area contributed by atoms with Crippen molar-refractivity contribution in [2.45, 2.75) is 24.5 Å². The lowest BCUT2D eigenvalue weighted by molar-refractivity contribution is -0.0508. The molecule has 0 unspecified atom stereocenters. The number of aliphatic hydroxyl groups is 3. The van der Waals surface area contributed by atoms with Crippen LogP contribution in [0.15, 0.2) is 31.0 Å². The molecule has 0 aromatic carbocycles. The van der Waals surface area contributed by atoms with Crippen molar-refractivity contribution in [1.82, 2.24) is 24.7 Å². The van der Waals surface area contributed by atoms with Crippen LogP contribution in [0.1, 0.15) is 6.23 Å². The van der Waals surface area contributed by atoms with Crippen molar-refractivity contribution in [2.75, 3.05) is 6.61 Å². The molecule has 0 aliphatic carbocycles. The van der Waals surface area contributed by atoms with E-state index in [1.165, 1.54) is 6.33 Å². The van der Waals surface area contributed by atoms with Crippen LogP contribution < -0.4 is 0 Å². The van der Waals surface area contributed by atoms with Crippen LogP contribution in [-0.4, -0.2) is 65.0 Å². The van der Waals surface area contributed by atoms with Gasteiger partial charge in [0.25, 0.3) is 0 Å². The average Bonchev–Trinajstić information content (AvgIpc) is 3.28. The number of aromatic amines is 1. The average molecular weight is 317 g/mol. The molecule has 0 bridgehead atoms. The molecule has 1 aliphatic heterocycles. The Bertz CT molecular complexity index is 818. The fourth-order valence-electron chi connectivity index (χ4n) is 2.90. The number of hydrogen-bond donors (Lipinski definition) is 4. The number of nitrogens with one attached hydrogen (secondary N) is 1. The standard InChI is InChI=1S/C14H15N5O4/c20-5-9-11(21)12(22)14(23-9)19-2-1-8-10(7-3-17-18-4-7)15-6-16-13(8)19/h1-4,6,9,11-12,14,20-22H,5H2,(H,17,18)/t9-,11+,12-,14-/m1/s1. The number of hydrogen-bond acceptors (Lipinski definition) is 7. The second-order valence-electron chi connectivity index (χ2n) is 5.40. The lowest BCUT2D eigenvalue weighted by atomic mass is 10.1. The molecule has 0 radical (unpaired) electrons. The molecule has 120 valence electrons. The van der Waals surface area contributed by atoms with Crippen LogP contribution in [0.2, 0.25) is 0 Å². The zero-order valence-corrected chi connectivity index (χ0v) is 11.9. The Kier molecular flexibility index (Phi) is 3.34. The van der Waals surface area contributed by atoms with Crippen molar-refractivity contribution >= 4 is 11.0 Å². The molecule has 23 heavy (non-hydrogen) atoms. The van der Waals surface area contributed by atoms with Crippen molar-refractivity contribution in [1.29, 1.82) is 0 Å². The third-order valence-electron chi connectivity index (χ3n) is 4.07. The molecule has 0 amide bonds. The summed E-state index contributed by atoms with van der Waals surface area (Å²) in [7, 11) is 0. The van der Waals surface area contributed by atoms with Crippen molar-refractivity contribution in [3.63, 3.8) is 0 Å². The monoisotopic (exact) mass is 317 g/mol. The number of rotatable bonds is 3. The number of fused-ring (bicyclic) bond motifs is 1. The molecule has 1 saturated heterocycles. The summed E-state index contributed by atoms with van der Waals surface area (Å²) in [6.45, 7) is -0.372. The number of aliphatic hydroxyl groups excluding tert-OH is 3. The van der Waals surface area contributed by atoms with Crippen LogP contribution in [-0.2, 0) is 4.74 Å². The maximum Gasteiger partial charge on any atom is 0.164 e. The molecular weight excluding hydrogens is 302 g/mol. The van der Waals surface area contributed by atoms with Crippen LogP contribution in [0.3, 0.4) is 0 Å². The number of nitrogens with zero attached hydrogens (tertiary/aromatic N) is 4. The van der Waals surface area contributed by atoms with Gasteiger partial charge in [0.05, 0.1) is 18.5 Å². The van der Waals surface area contributed by atoms with E-state index in [-0.39, 0.29) is 6.61 Å². The number of ether oxygens (including phenoxy) is 1. The van der Waals surface area contributed by atoms with Gasteiger partial charge in [-0.25, -0.2) is 9.97 Å². The Labute approximate surface area is 130 Å². The third-order valence-corrected chi connectivity index (χ3v) is 4.07. The van der Waals surface area contributed by atoms with Gasteiger partial charge in [-0.15, -0.1) is 0 Å². The second-order valence-corrected chi connectivity index (χ2v) is 5.40. The van der Waals surface area contributed by atoms with Crippen LogP contribution in [0.25, 0.3) is 22.3 Å². The van der Waals surface area contributed by atoms with E-state index in [1.807, 2.05) is 6.07 Å². The lowest BCUT2D eigenvalue weighted by Crippen LogP contribution is -2.33. The molecule has 4 N–H and O–H groups in total. The zero-order chi connectivity index (χ0) is 16.0. The highest BCUT2D eigenvalue weighted by molar-refractivity contribution is 5.90. The topological polar surface area (TPSA) is 129 Å². The van der Waals surface area contributed by atoms with Gasteiger partial charge in [0, 0.05) is 23.3 Å². The molecular formula is C14H15N5O4. The molecule has 9 heteroatoms. The van der Waals surface area contributed by atoms with E-state index in [2.05, 4.69) is 20.2 Å². The quantitative estimate of drug-likeness (QED) is 0.509. The minimum atomic E-state index is -1.16. The van der Waals surface area contributed by atoms with Gasteiger partial charge in [-0.2, -0.15) is 5.10 Å². The Morgan fingerprint density at radius 1 is 1.26 bits per heavy atom. The zero-order valence-electron chi connectivity index (χ0n) is 11.9. The highest BCUT2D eigenvalue weighted by atomic mass is 16.6. The van der Waals surface area contributed by atoms with Gasteiger partial charge in [0.15, 0.2) is 6.23 Å². The van der Waals surface area contributed by atoms with Crippen molar-refractivity contribution in [3.8, 4) is 11.3 Å². The summed E-state index contributed by atoms with van der Waals surface area (Å²) in [6, 6.07) is 1.81. The number of aromatic nitrogens is 5. The minimum absolute atomic E-state index is 0.372. The first-order valence-corrected chi connectivity index (χ1v) is 7.14. The van der Waals surface area contributed by atoms with E-state index in [4.69, 9.17) is 4.74 Å². The summed E-state index contributed by atoms with van der Waals surface area (Å²) < 4.78 is 7.18. The van der Waals surface area contributed by atoms with Gasteiger partial charge < -0.3 is 24.6 Å². The molecule has 1 aliphatic rings. The first-order valence-electron chi connectivity index (χ1n) is 7.14. The molecule has 4 atom stereocenters. The molecule has 4 heterocycles. The van der Waals surface area contributed by atoms with Crippen molar-refractivity contribution in [2.24, 2.45) is 0 Å². The lowest BCUT2D eigenvalue weighted by Gasteiger charge is -2.17. The predicted octanol–water partition coefficient (Wildman–Crippen LogP) is -0.567. The van der Waals surface area contributed by atoms with Gasteiger partial charge >= 0.3 is 0 Å². The van der Waals surface area contributed by atoms with Crippen LogP contribution in [0.4, 0.5) is 0 Å². The second kappa shape index (κ2) is 5.39. The van der Waals surface area contributed by atoms with E-state index in [0.717, 1.165) is 10.9 Å². The van der Waals surface area contributed by atoms with Crippen LogP contribution >= 0.6 is 0 Å². The third kappa shape index (κ3) is 2.13. The van der Waals surface area contributed by atoms with E-state index < -0.39 is 24.5 Å². The fraction of sp³-hybridized carbons (Fsp3) is 0.357. The Balaban J connectivity index is 1.80. The van der Waals surface area contributed by atoms with Crippen molar-refractivity contribution < 1.29 is 20.1 Å². The smallest absolute Gasteiger partial charge is 0.164 e. The first kappa shape index (κ1) is 14.3. The minimum Gasteiger partial charge on any atom is -0.394 e. The molecule has 0 spiro atoms. The summed E-state index contributed by atoms with van der Waals surface area (Å²) in [5, 5.41) is 36.7. The Morgan fingerprint density at radius 3 is 2.83 bits per heavy atom. The Hall–Kier alpha value is -2.33. The maximum atomic E-state index is 10.2. The highest BCUT2D eigenvalue weighted by Crippen LogP contribution is 2.33. The normalized spacial score (nSPS) is 27.8. The van der Waals surface area contributed by atoms with Crippen molar-refractivity contribution in [3.05, 3.63) is 31.0 Å². The van der Waals surface area contributed by atoms with Gasteiger partial charge in [-0.1, -0.05) is 0 Å². The van der Waals surface area contributed by atoms with Gasteiger partial charge in [-0.3, -0.25) is 5.10 Å². The van der Waals surface area contributed by atoms with Gasteiger partial charge in [-0.05, 0) is 6.07 Å². The van der Waals surface area contributed by atoms with E-state index in [0.29, 0.717) is 11.3 Å². The van der Waals surface area contributed by atoms with Crippen LogP contribution in [0.5, 0.6) is 0 Å². The van der Waals surface area contributed by atoms with Gasteiger partial charge in [0.1, 0.15) is 30.3 Å². The summed E-state index contributed by atoms with van der Waals surface area (Å²) in [6.07, 6.45) is 2.55. The molecule has 1 fully saturated rings. The fourth-order valence-corrected chi connectivity index (χ4v) is 2.90. The highest BCUT2D eigenvalue weighted by Gasteiger charge is 2.43. The largest absolute Gasteiger partial charge is 0.394 e. The summed E-state index contributed by atoms with van der Waals surface area (Å²) >= 11 is 0. The summed E-state index contributed by atoms with van der Waals surface area (Å²) in [5.41, 5.74) is 2.08. The molecule has 3 aromatic rings. The SMILES string of the molecule is OC[C@H]1O[C@@H](n2ccc3c(-c4cn[nH]c4)ncnc32)[C@H](O)[C@H]1O. The number of H-pyrrole nitrogens is 1. The maximum absolute atomic E-state index is 10.2. The molecule has 3 aromatic heterocycles. The Morgan fingerprint density at radius 2 is 2.13 bits per heavy atom. The van der Waals surface area contributed by atoms with E-state index in [1.54, 1.807) is 23.2 Å². The predicted molar refractivity (Wildman–Crippen MR) is 78.1 cm³/mol. The molecule has 4 rings (SSSR count). The van der Waals surface area contributed by atoms with E-state index in [9.17, 15) is 15.3 Å². The molecule has 9 nitrogen and oxygen atoms in total. The van der Waals surface area contributed by atoms with E-state index >= 15 is 0 Å². The first-order chi connectivity index (χ1) is 11.2. The summed E-state index contributed by atoms with van der Waals surface area (Å²) in [5.74, 6) is 0. The van der Waals surface area contributed by atoms with Crippen LogP contribution in [0, 0.1) is 0 Å².